The zero-order valence-corrected chi connectivity index (χ0v) is 19.3. The van der Waals surface area contributed by atoms with Crippen molar-refractivity contribution >= 4 is 34.7 Å². The van der Waals surface area contributed by atoms with E-state index in [1.165, 1.54) is 12.1 Å². The minimum atomic E-state index is -0.345. The average molecular weight is 465 g/mol. The number of carbonyl (C=O) groups is 2. The molecule has 33 heavy (non-hydrogen) atoms. The molecule has 4 rings (SSSR count). The second-order valence-electron chi connectivity index (χ2n) is 8.18. The van der Waals surface area contributed by atoms with E-state index in [1.807, 2.05) is 43.3 Å². The summed E-state index contributed by atoms with van der Waals surface area (Å²) in [6, 6.07) is 20.6. The van der Waals surface area contributed by atoms with E-state index < -0.39 is 0 Å². The fourth-order valence-electron chi connectivity index (χ4n) is 4.37. The molecule has 0 aromatic heterocycles. The Morgan fingerprint density at radius 2 is 1.61 bits per heavy atom. The number of carbonyl (C=O) groups excluding carboxylic acids is 2. The number of nitrogens with zero attached hydrogens (tertiary/aromatic N) is 2. The molecular formula is C27H26ClFN2O2. The number of ketones is 1. The fraction of sp³-hybridized carbons (Fsp3) is 0.259. The number of benzene rings is 3. The van der Waals surface area contributed by atoms with Gasteiger partial charge in [0.25, 0.3) is 5.91 Å². The van der Waals surface area contributed by atoms with E-state index in [9.17, 15) is 14.0 Å². The Labute approximate surface area is 198 Å². The number of para-hydroxylation sites is 1. The molecule has 0 spiro atoms. The van der Waals surface area contributed by atoms with Crippen LogP contribution in [0, 0.1) is 11.7 Å². The van der Waals surface area contributed by atoms with Gasteiger partial charge in [-0.1, -0.05) is 23.7 Å². The number of hydrogen-bond acceptors (Lipinski definition) is 3. The Balaban J connectivity index is 1.50. The molecule has 170 valence electrons. The van der Waals surface area contributed by atoms with Crippen LogP contribution in [-0.2, 0) is 0 Å². The van der Waals surface area contributed by atoms with Gasteiger partial charge in [-0.3, -0.25) is 9.59 Å². The van der Waals surface area contributed by atoms with Gasteiger partial charge in [0.1, 0.15) is 5.82 Å². The highest BCUT2D eigenvalue weighted by atomic mass is 35.5. The van der Waals surface area contributed by atoms with Gasteiger partial charge >= 0.3 is 0 Å². The molecular weight excluding hydrogens is 439 g/mol. The van der Waals surface area contributed by atoms with E-state index in [0.29, 0.717) is 48.6 Å². The highest BCUT2D eigenvalue weighted by molar-refractivity contribution is 6.30. The molecule has 6 heteroatoms. The molecule has 0 atom stereocenters. The van der Waals surface area contributed by atoms with Gasteiger partial charge in [0.05, 0.1) is 5.56 Å². The predicted octanol–water partition coefficient (Wildman–Crippen LogP) is 6.25. The molecule has 0 N–H and O–H groups in total. The van der Waals surface area contributed by atoms with Gasteiger partial charge < -0.3 is 9.80 Å². The molecule has 1 fully saturated rings. The van der Waals surface area contributed by atoms with Crippen LogP contribution >= 0.6 is 11.6 Å². The van der Waals surface area contributed by atoms with Crippen molar-refractivity contribution < 1.29 is 14.0 Å². The summed E-state index contributed by atoms with van der Waals surface area (Å²) in [4.78, 5) is 30.2. The monoisotopic (exact) mass is 464 g/mol. The van der Waals surface area contributed by atoms with Gasteiger partial charge in [-0.2, -0.15) is 0 Å². The molecule has 3 aromatic rings. The maximum absolute atomic E-state index is 13.5. The third-order valence-electron chi connectivity index (χ3n) is 6.17. The topological polar surface area (TPSA) is 40.6 Å². The molecule has 1 aliphatic heterocycles. The lowest BCUT2D eigenvalue weighted by atomic mass is 9.88. The molecule has 1 aliphatic rings. The number of hydrogen-bond donors (Lipinski definition) is 0. The zero-order valence-electron chi connectivity index (χ0n) is 18.5. The molecule has 1 heterocycles. The summed E-state index contributed by atoms with van der Waals surface area (Å²) < 4.78 is 13.2. The second kappa shape index (κ2) is 10.2. The number of amides is 1. The first-order chi connectivity index (χ1) is 16.0. The Hall–Kier alpha value is -3.18. The number of piperidine rings is 1. The van der Waals surface area contributed by atoms with E-state index in [1.54, 1.807) is 29.2 Å². The van der Waals surface area contributed by atoms with Crippen molar-refractivity contribution in [2.75, 3.05) is 29.4 Å². The van der Waals surface area contributed by atoms with Crippen LogP contribution in [0.3, 0.4) is 0 Å². The van der Waals surface area contributed by atoms with E-state index in [-0.39, 0.29) is 23.4 Å². The highest BCUT2D eigenvalue weighted by Gasteiger charge is 2.28. The van der Waals surface area contributed by atoms with Crippen molar-refractivity contribution in [3.8, 4) is 0 Å². The summed E-state index contributed by atoms with van der Waals surface area (Å²) in [6.45, 7) is 3.83. The summed E-state index contributed by atoms with van der Waals surface area (Å²) in [5.41, 5.74) is 2.86. The van der Waals surface area contributed by atoms with Crippen molar-refractivity contribution in [3.63, 3.8) is 0 Å². The zero-order chi connectivity index (χ0) is 23.4. The molecule has 0 bridgehead atoms. The summed E-state index contributed by atoms with van der Waals surface area (Å²) in [7, 11) is 0. The van der Waals surface area contributed by atoms with Gasteiger partial charge in [0, 0.05) is 47.5 Å². The number of rotatable bonds is 6. The standard InChI is InChI=1S/C27H26ClFN2O2/c1-2-31(23-13-9-21(28)10-14-23)27(33)24-5-3-4-6-25(24)30-17-15-20(16-18-30)26(32)19-7-11-22(29)12-8-19/h3-14,20H,2,15-18H2,1H3. The predicted molar refractivity (Wildman–Crippen MR) is 131 cm³/mol. The van der Waals surface area contributed by atoms with E-state index >= 15 is 0 Å². The largest absolute Gasteiger partial charge is 0.371 e. The lowest BCUT2D eigenvalue weighted by molar-refractivity contribution is 0.0899. The van der Waals surface area contributed by atoms with Gasteiger partial charge in [0.15, 0.2) is 5.78 Å². The molecule has 1 saturated heterocycles. The summed E-state index contributed by atoms with van der Waals surface area (Å²) in [6.07, 6.45) is 1.38. The SMILES string of the molecule is CCN(C(=O)c1ccccc1N1CCC(C(=O)c2ccc(F)cc2)CC1)c1ccc(Cl)cc1. The number of anilines is 2. The van der Waals surface area contributed by atoms with E-state index in [4.69, 9.17) is 11.6 Å². The first-order valence-corrected chi connectivity index (χ1v) is 11.6. The Morgan fingerprint density at radius 1 is 0.970 bits per heavy atom. The first kappa shape index (κ1) is 23.0. The molecule has 3 aromatic carbocycles. The second-order valence-corrected chi connectivity index (χ2v) is 8.61. The van der Waals surface area contributed by atoms with Crippen LogP contribution in [0.4, 0.5) is 15.8 Å². The van der Waals surface area contributed by atoms with Gasteiger partial charge in [-0.15, -0.1) is 0 Å². The Morgan fingerprint density at radius 3 is 2.24 bits per heavy atom. The van der Waals surface area contributed by atoms with Crippen LogP contribution in [0.1, 0.15) is 40.5 Å². The van der Waals surface area contributed by atoms with Gasteiger partial charge in [-0.25, -0.2) is 4.39 Å². The molecule has 1 amide bonds. The summed E-state index contributed by atoms with van der Waals surface area (Å²) in [5, 5.41) is 0.626. The summed E-state index contributed by atoms with van der Waals surface area (Å²) >= 11 is 6.01. The lowest BCUT2D eigenvalue weighted by Crippen LogP contribution is -2.38. The van der Waals surface area contributed by atoms with Gasteiger partial charge in [-0.05, 0) is 80.4 Å². The molecule has 0 aliphatic carbocycles. The average Bonchev–Trinajstić information content (AvgIpc) is 2.86. The molecule has 0 radical (unpaired) electrons. The van der Waals surface area contributed by atoms with Crippen molar-refractivity contribution in [3.05, 3.63) is 94.8 Å². The molecule has 4 nitrogen and oxygen atoms in total. The fourth-order valence-corrected chi connectivity index (χ4v) is 4.50. The van der Waals surface area contributed by atoms with Crippen molar-refractivity contribution in [2.24, 2.45) is 5.92 Å². The van der Waals surface area contributed by atoms with E-state index in [0.717, 1.165) is 11.4 Å². The number of halogens is 2. The molecule has 0 unspecified atom stereocenters. The van der Waals surface area contributed by atoms with Crippen LogP contribution in [0.2, 0.25) is 5.02 Å². The highest BCUT2D eigenvalue weighted by Crippen LogP contribution is 2.30. The normalized spacial score (nSPS) is 14.2. The summed E-state index contributed by atoms with van der Waals surface area (Å²) in [5.74, 6) is -0.461. The van der Waals surface area contributed by atoms with Crippen molar-refractivity contribution in [1.82, 2.24) is 0 Å². The number of Topliss-reactive ketones (excluding diaryl/α,β-unsaturated/α-hetero) is 1. The quantitative estimate of drug-likeness (QED) is 0.405. The van der Waals surface area contributed by atoms with Crippen LogP contribution in [0.5, 0.6) is 0 Å². The maximum Gasteiger partial charge on any atom is 0.260 e. The Kier molecular flexibility index (Phi) is 7.09. The first-order valence-electron chi connectivity index (χ1n) is 11.2. The van der Waals surface area contributed by atoms with Crippen LogP contribution < -0.4 is 9.80 Å². The smallest absolute Gasteiger partial charge is 0.260 e. The van der Waals surface area contributed by atoms with Crippen LogP contribution in [-0.4, -0.2) is 31.3 Å². The molecule has 0 saturated carbocycles. The van der Waals surface area contributed by atoms with Crippen molar-refractivity contribution in [1.29, 1.82) is 0 Å². The minimum absolute atomic E-state index is 0.0545. The van der Waals surface area contributed by atoms with Crippen molar-refractivity contribution in [2.45, 2.75) is 19.8 Å². The third kappa shape index (κ3) is 5.09. The minimum Gasteiger partial charge on any atom is -0.371 e. The maximum atomic E-state index is 13.5. The van der Waals surface area contributed by atoms with Crippen LogP contribution in [0.15, 0.2) is 72.8 Å². The van der Waals surface area contributed by atoms with Crippen LogP contribution in [0.25, 0.3) is 0 Å². The third-order valence-corrected chi connectivity index (χ3v) is 6.42. The lowest BCUT2D eigenvalue weighted by Gasteiger charge is -2.34. The Bertz CT molecular complexity index is 1120. The van der Waals surface area contributed by atoms with E-state index in [2.05, 4.69) is 4.90 Å². The van der Waals surface area contributed by atoms with Gasteiger partial charge in [0.2, 0.25) is 0 Å².